The fraction of sp³-hybridized carbons (Fsp3) is 0.500. The lowest BCUT2D eigenvalue weighted by atomic mass is 9.87. The third-order valence-corrected chi connectivity index (χ3v) is 3.79. The van der Waals surface area contributed by atoms with Gasteiger partial charge in [0.05, 0.1) is 6.10 Å². The maximum Gasteiger partial charge on any atom is 0.313 e. The number of benzene rings is 1. The molecule has 1 aromatic carbocycles. The van der Waals surface area contributed by atoms with Crippen molar-refractivity contribution >= 4 is 17.5 Å². The number of aliphatic hydroxyl groups excluding tert-OH is 1. The van der Waals surface area contributed by atoms with Gasteiger partial charge in [0.25, 0.3) is 0 Å². The van der Waals surface area contributed by atoms with Gasteiger partial charge in [-0.1, -0.05) is 18.6 Å². The van der Waals surface area contributed by atoms with Gasteiger partial charge in [-0.2, -0.15) is 0 Å². The summed E-state index contributed by atoms with van der Waals surface area (Å²) in [7, 11) is 0. The van der Waals surface area contributed by atoms with Crippen LogP contribution in [0.5, 0.6) is 0 Å². The molecule has 1 saturated carbocycles. The summed E-state index contributed by atoms with van der Waals surface area (Å²) < 4.78 is 0. The minimum absolute atomic E-state index is 0.254. The average Bonchev–Trinajstić information content (AvgIpc) is 2.45. The summed E-state index contributed by atoms with van der Waals surface area (Å²) >= 11 is 0. The zero-order valence-electron chi connectivity index (χ0n) is 12.3. The van der Waals surface area contributed by atoms with Gasteiger partial charge in [0.2, 0.25) is 0 Å². The van der Waals surface area contributed by atoms with Crippen molar-refractivity contribution in [1.82, 2.24) is 5.32 Å². The number of hydrogen-bond acceptors (Lipinski definition) is 3. The summed E-state index contributed by atoms with van der Waals surface area (Å²) in [5, 5.41) is 14.8. The van der Waals surface area contributed by atoms with Crippen molar-refractivity contribution in [2.24, 2.45) is 5.92 Å². The van der Waals surface area contributed by atoms with Gasteiger partial charge in [0, 0.05) is 12.2 Å². The van der Waals surface area contributed by atoms with Crippen molar-refractivity contribution in [3.63, 3.8) is 0 Å². The van der Waals surface area contributed by atoms with E-state index in [9.17, 15) is 14.7 Å². The third-order valence-electron chi connectivity index (χ3n) is 3.79. The largest absolute Gasteiger partial charge is 0.393 e. The second-order valence-corrected chi connectivity index (χ2v) is 5.72. The molecule has 0 spiro atoms. The molecule has 0 heterocycles. The van der Waals surface area contributed by atoms with E-state index in [1.54, 1.807) is 6.07 Å². The van der Waals surface area contributed by atoms with Crippen molar-refractivity contribution in [1.29, 1.82) is 0 Å². The molecule has 1 aliphatic carbocycles. The van der Waals surface area contributed by atoms with E-state index in [0.717, 1.165) is 24.8 Å². The highest BCUT2D eigenvalue weighted by Crippen LogP contribution is 2.23. The molecular weight excluding hydrogens is 268 g/mol. The minimum atomic E-state index is -0.656. The van der Waals surface area contributed by atoms with Gasteiger partial charge in [-0.3, -0.25) is 9.59 Å². The van der Waals surface area contributed by atoms with Crippen LogP contribution >= 0.6 is 0 Å². The highest BCUT2D eigenvalue weighted by Gasteiger charge is 2.22. The first-order valence-electron chi connectivity index (χ1n) is 7.38. The van der Waals surface area contributed by atoms with Crippen molar-refractivity contribution in [2.75, 3.05) is 11.9 Å². The fourth-order valence-corrected chi connectivity index (χ4v) is 2.68. The Balaban J connectivity index is 1.78. The number of carbonyl (C=O) groups excluding carboxylic acids is 2. The summed E-state index contributed by atoms with van der Waals surface area (Å²) in [6.07, 6.45) is 3.20. The zero-order valence-corrected chi connectivity index (χ0v) is 12.3. The van der Waals surface area contributed by atoms with Crippen LogP contribution in [0.25, 0.3) is 0 Å². The van der Waals surface area contributed by atoms with E-state index in [-0.39, 0.29) is 12.0 Å². The topological polar surface area (TPSA) is 78.4 Å². The lowest BCUT2D eigenvalue weighted by molar-refractivity contribution is -0.136. The van der Waals surface area contributed by atoms with Gasteiger partial charge >= 0.3 is 11.8 Å². The van der Waals surface area contributed by atoms with Crippen LogP contribution in [0.4, 0.5) is 5.69 Å². The van der Waals surface area contributed by atoms with Crippen molar-refractivity contribution < 1.29 is 14.7 Å². The lowest BCUT2D eigenvalue weighted by Gasteiger charge is -2.25. The van der Waals surface area contributed by atoms with E-state index in [2.05, 4.69) is 10.6 Å². The lowest BCUT2D eigenvalue weighted by Crippen LogP contribution is -2.39. The van der Waals surface area contributed by atoms with Crippen LogP contribution in [0, 0.1) is 12.8 Å². The maximum absolute atomic E-state index is 11.8. The molecule has 5 nitrogen and oxygen atoms in total. The first kappa shape index (κ1) is 15.5. The summed E-state index contributed by atoms with van der Waals surface area (Å²) in [5.74, 6) is -1.03. The highest BCUT2D eigenvalue weighted by atomic mass is 16.3. The molecule has 114 valence electrons. The molecular formula is C16H22N2O3. The van der Waals surface area contributed by atoms with Crippen LogP contribution in [0.3, 0.4) is 0 Å². The number of rotatable bonds is 3. The van der Waals surface area contributed by atoms with Crippen LogP contribution in [0.1, 0.15) is 31.2 Å². The Kier molecular flexibility index (Phi) is 5.33. The van der Waals surface area contributed by atoms with Crippen LogP contribution in [-0.2, 0) is 9.59 Å². The summed E-state index contributed by atoms with van der Waals surface area (Å²) in [4.78, 5) is 23.6. The summed E-state index contributed by atoms with van der Waals surface area (Å²) in [6, 6.07) is 7.30. The molecule has 0 saturated heterocycles. The van der Waals surface area contributed by atoms with E-state index in [4.69, 9.17) is 0 Å². The predicted molar refractivity (Wildman–Crippen MR) is 80.8 cm³/mol. The Labute approximate surface area is 124 Å². The molecule has 1 fully saturated rings. The zero-order chi connectivity index (χ0) is 15.2. The number of carbonyl (C=O) groups is 2. The maximum atomic E-state index is 11.8. The first-order chi connectivity index (χ1) is 10.0. The van der Waals surface area contributed by atoms with Crippen LogP contribution in [0.2, 0.25) is 0 Å². The first-order valence-corrected chi connectivity index (χ1v) is 7.38. The van der Waals surface area contributed by atoms with E-state index < -0.39 is 11.8 Å². The Morgan fingerprint density at radius 3 is 2.81 bits per heavy atom. The molecule has 1 aliphatic rings. The Morgan fingerprint density at radius 1 is 1.29 bits per heavy atom. The van der Waals surface area contributed by atoms with Gasteiger partial charge in [0.15, 0.2) is 0 Å². The smallest absolute Gasteiger partial charge is 0.313 e. The SMILES string of the molecule is Cc1cccc(NC(=O)C(=O)NCC2CCCC(O)C2)c1. The van der Waals surface area contributed by atoms with Crippen molar-refractivity contribution in [2.45, 2.75) is 38.7 Å². The second kappa shape index (κ2) is 7.22. The number of amides is 2. The monoisotopic (exact) mass is 290 g/mol. The van der Waals surface area contributed by atoms with E-state index in [1.165, 1.54) is 0 Å². The molecule has 1 aromatic rings. The number of anilines is 1. The molecule has 3 N–H and O–H groups in total. The standard InChI is InChI=1S/C16H22N2O3/c1-11-4-2-6-13(8-11)18-16(21)15(20)17-10-12-5-3-7-14(19)9-12/h2,4,6,8,12,14,19H,3,5,7,9-10H2,1H3,(H,17,20)(H,18,21). The quantitative estimate of drug-likeness (QED) is 0.740. The molecule has 2 amide bonds. The molecule has 2 atom stereocenters. The number of aliphatic hydroxyl groups is 1. The molecule has 21 heavy (non-hydrogen) atoms. The van der Waals surface area contributed by atoms with Crippen LogP contribution in [-0.4, -0.2) is 29.6 Å². The van der Waals surface area contributed by atoms with Crippen molar-refractivity contribution in [3.8, 4) is 0 Å². The number of hydrogen-bond donors (Lipinski definition) is 3. The normalized spacial score (nSPS) is 21.6. The molecule has 2 unspecified atom stereocenters. The Bertz CT molecular complexity index is 516. The van der Waals surface area contributed by atoms with E-state index >= 15 is 0 Å². The molecule has 5 heteroatoms. The van der Waals surface area contributed by atoms with Gasteiger partial charge in [-0.25, -0.2) is 0 Å². The summed E-state index contributed by atoms with van der Waals surface area (Å²) in [5.41, 5.74) is 1.63. The molecule has 0 aliphatic heterocycles. The van der Waals surface area contributed by atoms with E-state index in [0.29, 0.717) is 18.7 Å². The Hall–Kier alpha value is -1.88. The molecule has 0 bridgehead atoms. The highest BCUT2D eigenvalue weighted by molar-refractivity contribution is 6.39. The average molecular weight is 290 g/mol. The molecule has 0 aromatic heterocycles. The van der Waals surface area contributed by atoms with Gasteiger partial charge < -0.3 is 15.7 Å². The van der Waals surface area contributed by atoms with Gasteiger partial charge in [-0.15, -0.1) is 0 Å². The number of aryl methyl sites for hydroxylation is 1. The van der Waals surface area contributed by atoms with E-state index in [1.807, 2.05) is 25.1 Å². The third kappa shape index (κ3) is 4.86. The van der Waals surface area contributed by atoms with Crippen molar-refractivity contribution in [3.05, 3.63) is 29.8 Å². The Morgan fingerprint density at radius 2 is 2.10 bits per heavy atom. The molecule has 0 radical (unpaired) electrons. The minimum Gasteiger partial charge on any atom is -0.393 e. The number of nitrogens with one attached hydrogen (secondary N) is 2. The second-order valence-electron chi connectivity index (χ2n) is 5.72. The predicted octanol–water partition coefficient (Wildman–Crippen LogP) is 1.60. The summed E-state index contributed by atoms with van der Waals surface area (Å²) in [6.45, 7) is 2.36. The molecule has 2 rings (SSSR count). The van der Waals surface area contributed by atoms with Gasteiger partial charge in [-0.05, 0) is 49.8 Å². The fourth-order valence-electron chi connectivity index (χ4n) is 2.68. The van der Waals surface area contributed by atoms with Gasteiger partial charge in [0.1, 0.15) is 0 Å². The van der Waals surface area contributed by atoms with Crippen LogP contribution in [0.15, 0.2) is 24.3 Å². The van der Waals surface area contributed by atoms with Crippen LogP contribution < -0.4 is 10.6 Å².